The van der Waals surface area contributed by atoms with Crippen LogP contribution in [0.5, 0.6) is 0 Å². The number of nitrogens with one attached hydrogen (secondary N) is 1. The maximum Gasteiger partial charge on any atom is 0.232 e. The lowest BCUT2D eigenvalue weighted by atomic mass is 10.3. The molecule has 0 aliphatic rings. The summed E-state index contributed by atoms with van der Waals surface area (Å²) in [7, 11) is 0. The van der Waals surface area contributed by atoms with Gasteiger partial charge in [0.25, 0.3) is 0 Å². The molecule has 0 radical (unpaired) electrons. The standard InChI is InChI=1S/C7H11NS/c1-4-7-5(2)9-6(3)8-7/h4H2,1-3H3/p+1. The van der Waals surface area contributed by atoms with Gasteiger partial charge >= 0.3 is 0 Å². The van der Waals surface area contributed by atoms with Crippen LogP contribution in [0.1, 0.15) is 22.5 Å². The zero-order valence-electron chi connectivity index (χ0n) is 6.12. The molecule has 0 bridgehead atoms. The molecule has 1 heterocycles. The Balaban J connectivity index is 3.01. The van der Waals surface area contributed by atoms with Crippen LogP contribution in [0.3, 0.4) is 0 Å². The summed E-state index contributed by atoms with van der Waals surface area (Å²) in [6, 6.07) is 0. The molecule has 0 aliphatic heterocycles. The number of hydrogen-bond acceptors (Lipinski definition) is 1. The van der Waals surface area contributed by atoms with Crippen LogP contribution >= 0.6 is 11.3 Å². The Labute approximate surface area is 59.8 Å². The number of aromatic amines is 1. The second-order valence-electron chi connectivity index (χ2n) is 2.17. The number of thiazole rings is 1. The van der Waals surface area contributed by atoms with Crippen molar-refractivity contribution in [2.24, 2.45) is 0 Å². The highest BCUT2D eigenvalue weighted by atomic mass is 32.1. The average Bonchev–Trinajstić information content (AvgIpc) is 2.10. The first-order chi connectivity index (χ1) is 4.24. The van der Waals surface area contributed by atoms with Crippen LogP contribution in [0, 0.1) is 13.8 Å². The molecule has 0 fully saturated rings. The van der Waals surface area contributed by atoms with Crippen LogP contribution in [0.4, 0.5) is 0 Å². The van der Waals surface area contributed by atoms with Crippen LogP contribution in [-0.4, -0.2) is 0 Å². The molecule has 1 N–H and O–H groups in total. The summed E-state index contributed by atoms with van der Waals surface area (Å²) in [6.45, 7) is 6.44. The van der Waals surface area contributed by atoms with Crippen molar-refractivity contribution in [1.82, 2.24) is 0 Å². The van der Waals surface area contributed by atoms with E-state index >= 15 is 0 Å². The zero-order chi connectivity index (χ0) is 6.85. The molecule has 1 nitrogen and oxygen atoms in total. The second kappa shape index (κ2) is 2.48. The van der Waals surface area contributed by atoms with Crippen LogP contribution in [-0.2, 0) is 6.42 Å². The third-order valence-corrected chi connectivity index (χ3v) is 2.37. The molecule has 0 unspecified atom stereocenters. The summed E-state index contributed by atoms with van der Waals surface area (Å²) in [5.74, 6) is 0. The third-order valence-electron chi connectivity index (χ3n) is 1.41. The van der Waals surface area contributed by atoms with E-state index < -0.39 is 0 Å². The first-order valence-corrected chi connectivity index (χ1v) is 4.04. The molecule has 0 aliphatic carbocycles. The molecule has 0 saturated carbocycles. The molecule has 1 aromatic rings. The van der Waals surface area contributed by atoms with Gasteiger partial charge in [-0.1, -0.05) is 18.3 Å². The molecule has 0 aromatic carbocycles. The zero-order valence-corrected chi connectivity index (χ0v) is 6.93. The maximum atomic E-state index is 3.31. The van der Waals surface area contributed by atoms with Gasteiger partial charge in [0, 0.05) is 13.3 Å². The fourth-order valence-electron chi connectivity index (χ4n) is 0.955. The van der Waals surface area contributed by atoms with Crippen molar-refractivity contribution in [2.75, 3.05) is 0 Å². The van der Waals surface area contributed by atoms with Gasteiger partial charge in [0.15, 0.2) is 5.69 Å². The Hall–Kier alpha value is -0.370. The summed E-state index contributed by atoms with van der Waals surface area (Å²) in [5.41, 5.74) is 1.39. The molecule has 50 valence electrons. The minimum absolute atomic E-state index is 1.12. The normalized spacial score (nSPS) is 10.1. The van der Waals surface area contributed by atoms with Crippen molar-refractivity contribution in [3.05, 3.63) is 15.6 Å². The smallest absolute Gasteiger partial charge is 0.203 e. The van der Waals surface area contributed by atoms with Crippen LogP contribution in [0.2, 0.25) is 0 Å². The summed E-state index contributed by atoms with van der Waals surface area (Å²) in [5, 5.41) is 1.31. The summed E-state index contributed by atoms with van der Waals surface area (Å²) >= 11 is 1.84. The Kier molecular flexibility index (Phi) is 1.86. The van der Waals surface area contributed by atoms with Crippen LogP contribution in [0.25, 0.3) is 0 Å². The van der Waals surface area contributed by atoms with Crippen molar-refractivity contribution in [1.29, 1.82) is 0 Å². The Bertz CT molecular complexity index is 203. The average molecular weight is 142 g/mol. The number of rotatable bonds is 1. The van der Waals surface area contributed by atoms with E-state index in [0.29, 0.717) is 0 Å². The quantitative estimate of drug-likeness (QED) is 0.567. The molecular formula is C7H12NS+. The highest BCUT2D eigenvalue weighted by molar-refractivity contribution is 7.11. The van der Waals surface area contributed by atoms with Crippen LogP contribution < -0.4 is 4.98 Å². The summed E-state index contributed by atoms with van der Waals surface area (Å²) < 4.78 is 0. The van der Waals surface area contributed by atoms with E-state index in [2.05, 4.69) is 25.8 Å². The van der Waals surface area contributed by atoms with Gasteiger partial charge in [-0.25, -0.2) is 4.98 Å². The fraction of sp³-hybridized carbons (Fsp3) is 0.571. The van der Waals surface area contributed by atoms with Crippen molar-refractivity contribution in [3.8, 4) is 0 Å². The van der Waals surface area contributed by atoms with E-state index in [1.165, 1.54) is 15.6 Å². The van der Waals surface area contributed by atoms with Gasteiger partial charge in [-0.05, 0) is 6.92 Å². The first kappa shape index (κ1) is 6.75. The highest BCUT2D eigenvalue weighted by Crippen LogP contribution is 2.11. The predicted molar refractivity (Wildman–Crippen MR) is 39.7 cm³/mol. The molecule has 0 amide bonds. The Morgan fingerprint density at radius 3 is 2.33 bits per heavy atom. The number of aryl methyl sites for hydroxylation is 3. The van der Waals surface area contributed by atoms with Gasteiger partial charge in [0.2, 0.25) is 5.01 Å². The van der Waals surface area contributed by atoms with Crippen molar-refractivity contribution in [3.63, 3.8) is 0 Å². The Morgan fingerprint density at radius 1 is 1.44 bits per heavy atom. The van der Waals surface area contributed by atoms with Gasteiger partial charge in [-0.15, -0.1) is 0 Å². The molecule has 1 rings (SSSR count). The molecule has 0 spiro atoms. The van der Waals surface area contributed by atoms with Gasteiger partial charge in [0.05, 0.1) is 4.88 Å². The topological polar surface area (TPSA) is 14.1 Å². The molecule has 0 saturated heterocycles. The molecule has 2 heteroatoms. The van der Waals surface area contributed by atoms with Gasteiger partial charge in [-0.3, -0.25) is 0 Å². The molecule has 1 aromatic heterocycles. The van der Waals surface area contributed by atoms with Gasteiger partial charge < -0.3 is 0 Å². The maximum absolute atomic E-state index is 3.31. The lowest BCUT2D eigenvalue weighted by molar-refractivity contribution is -0.391. The van der Waals surface area contributed by atoms with E-state index in [0.717, 1.165) is 6.42 Å². The predicted octanol–water partition coefficient (Wildman–Crippen LogP) is 1.74. The van der Waals surface area contributed by atoms with Crippen molar-refractivity contribution >= 4 is 11.3 Å². The monoisotopic (exact) mass is 142 g/mol. The largest absolute Gasteiger partial charge is 0.232 e. The SMILES string of the molecule is CCc1[nH+]c(C)sc1C. The minimum atomic E-state index is 1.12. The molecule has 0 atom stereocenters. The van der Waals surface area contributed by atoms with Gasteiger partial charge in [0.1, 0.15) is 0 Å². The van der Waals surface area contributed by atoms with E-state index in [-0.39, 0.29) is 0 Å². The van der Waals surface area contributed by atoms with E-state index in [1.807, 2.05) is 11.3 Å². The third kappa shape index (κ3) is 1.30. The van der Waals surface area contributed by atoms with Crippen molar-refractivity contribution < 1.29 is 4.98 Å². The number of hydrogen-bond donors (Lipinski definition) is 0. The summed E-state index contributed by atoms with van der Waals surface area (Å²) in [4.78, 5) is 4.74. The van der Waals surface area contributed by atoms with E-state index in [4.69, 9.17) is 0 Å². The summed E-state index contributed by atoms with van der Waals surface area (Å²) in [6.07, 6.45) is 1.12. The fourth-order valence-corrected chi connectivity index (χ4v) is 1.91. The molecular weight excluding hydrogens is 130 g/mol. The number of aromatic nitrogens is 1. The van der Waals surface area contributed by atoms with Crippen LogP contribution in [0.15, 0.2) is 0 Å². The first-order valence-electron chi connectivity index (χ1n) is 3.22. The lowest BCUT2D eigenvalue weighted by Gasteiger charge is -1.78. The highest BCUT2D eigenvalue weighted by Gasteiger charge is 2.07. The second-order valence-corrected chi connectivity index (χ2v) is 3.60. The Morgan fingerprint density at radius 2 is 2.11 bits per heavy atom. The minimum Gasteiger partial charge on any atom is -0.203 e. The molecule has 9 heavy (non-hydrogen) atoms. The van der Waals surface area contributed by atoms with E-state index in [9.17, 15) is 0 Å². The van der Waals surface area contributed by atoms with Crippen molar-refractivity contribution in [2.45, 2.75) is 27.2 Å². The lowest BCUT2D eigenvalue weighted by Crippen LogP contribution is -2.07. The van der Waals surface area contributed by atoms with E-state index in [1.54, 1.807) is 0 Å². The van der Waals surface area contributed by atoms with Gasteiger partial charge in [-0.2, -0.15) is 0 Å². The number of H-pyrrole nitrogens is 1.